The van der Waals surface area contributed by atoms with Crippen molar-refractivity contribution in [2.24, 2.45) is 5.73 Å². The maximum Gasteiger partial charge on any atom is 0.271 e. The maximum absolute atomic E-state index is 11.6. The van der Waals surface area contributed by atoms with Crippen molar-refractivity contribution < 1.29 is 4.79 Å². The number of nitrogens with zero attached hydrogens (tertiary/aromatic N) is 2. The topological polar surface area (TPSA) is 92.9 Å². The molecule has 2 rings (SSSR count). The Balaban J connectivity index is 2.13. The first-order chi connectivity index (χ1) is 9.74. The first-order valence-electron chi connectivity index (χ1n) is 6.41. The highest BCUT2D eigenvalue weighted by Gasteiger charge is 2.07. The second-order valence-corrected chi connectivity index (χ2v) is 4.15. The zero-order valence-corrected chi connectivity index (χ0v) is 11.3. The van der Waals surface area contributed by atoms with E-state index in [9.17, 15) is 4.79 Å². The van der Waals surface area contributed by atoms with Crippen molar-refractivity contribution in [3.63, 3.8) is 0 Å². The number of hydrogen-bond acceptors (Lipinski definition) is 5. The standard InChI is InChI=1S/C14H17N5O/c1-2-16-14(20)12-7-8-13(19-18-12)17-11-6-4-3-5-10(11)9-15/h3-8H,2,9,15H2,1H3,(H,16,20)(H,17,19). The first-order valence-corrected chi connectivity index (χ1v) is 6.41. The number of nitrogens with two attached hydrogens (primary N) is 1. The van der Waals surface area contributed by atoms with Gasteiger partial charge in [0, 0.05) is 18.8 Å². The summed E-state index contributed by atoms with van der Waals surface area (Å²) in [6.45, 7) is 2.85. The second-order valence-electron chi connectivity index (χ2n) is 4.15. The molecule has 0 atom stereocenters. The van der Waals surface area contributed by atoms with E-state index >= 15 is 0 Å². The van der Waals surface area contributed by atoms with Crippen LogP contribution in [0.4, 0.5) is 11.5 Å². The minimum Gasteiger partial charge on any atom is -0.351 e. The van der Waals surface area contributed by atoms with Gasteiger partial charge >= 0.3 is 0 Å². The number of hydrogen-bond donors (Lipinski definition) is 3. The molecular formula is C14H17N5O. The maximum atomic E-state index is 11.6. The Hall–Kier alpha value is -2.47. The van der Waals surface area contributed by atoms with Crippen molar-refractivity contribution in [3.8, 4) is 0 Å². The number of carbonyl (C=O) groups excluding carboxylic acids is 1. The largest absolute Gasteiger partial charge is 0.351 e. The number of benzene rings is 1. The Labute approximate surface area is 117 Å². The van der Waals surface area contributed by atoms with Gasteiger partial charge in [0.2, 0.25) is 0 Å². The van der Waals surface area contributed by atoms with Crippen molar-refractivity contribution in [2.75, 3.05) is 11.9 Å². The average molecular weight is 271 g/mol. The number of amides is 1. The molecule has 0 spiro atoms. The summed E-state index contributed by atoms with van der Waals surface area (Å²) in [6.07, 6.45) is 0. The molecule has 0 saturated heterocycles. The van der Waals surface area contributed by atoms with E-state index in [-0.39, 0.29) is 5.91 Å². The normalized spacial score (nSPS) is 10.1. The van der Waals surface area contributed by atoms with E-state index < -0.39 is 0 Å². The van der Waals surface area contributed by atoms with Gasteiger partial charge in [-0.2, -0.15) is 0 Å². The predicted octanol–water partition coefficient (Wildman–Crippen LogP) is 1.43. The molecular weight excluding hydrogens is 254 g/mol. The van der Waals surface area contributed by atoms with E-state index in [1.165, 1.54) is 0 Å². The third kappa shape index (κ3) is 3.30. The monoisotopic (exact) mass is 271 g/mol. The molecule has 0 unspecified atom stereocenters. The summed E-state index contributed by atoms with van der Waals surface area (Å²) < 4.78 is 0. The van der Waals surface area contributed by atoms with Crippen LogP contribution in [0.3, 0.4) is 0 Å². The van der Waals surface area contributed by atoms with E-state index in [0.717, 1.165) is 11.3 Å². The Morgan fingerprint density at radius 3 is 2.65 bits per heavy atom. The van der Waals surface area contributed by atoms with Gasteiger partial charge in [0.1, 0.15) is 0 Å². The minimum absolute atomic E-state index is 0.228. The quantitative estimate of drug-likeness (QED) is 0.765. The summed E-state index contributed by atoms with van der Waals surface area (Å²) in [5.74, 6) is 0.341. The molecule has 1 aromatic carbocycles. The Morgan fingerprint density at radius 2 is 2.00 bits per heavy atom. The summed E-state index contributed by atoms with van der Waals surface area (Å²) in [6, 6.07) is 11.0. The fourth-order valence-electron chi connectivity index (χ4n) is 1.73. The number of nitrogens with one attached hydrogen (secondary N) is 2. The van der Waals surface area contributed by atoms with E-state index in [1.807, 2.05) is 31.2 Å². The molecule has 104 valence electrons. The summed E-state index contributed by atoms with van der Waals surface area (Å²) in [7, 11) is 0. The molecule has 0 aliphatic heterocycles. The third-order valence-corrected chi connectivity index (χ3v) is 2.73. The Bertz CT molecular complexity index is 582. The van der Waals surface area contributed by atoms with Crippen molar-refractivity contribution in [1.82, 2.24) is 15.5 Å². The summed E-state index contributed by atoms with van der Waals surface area (Å²) in [4.78, 5) is 11.6. The number of anilines is 2. The Kier molecular flexibility index (Phi) is 4.62. The van der Waals surface area contributed by atoms with Crippen LogP contribution in [0, 0.1) is 0 Å². The van der Waals surface area contributed by atoms with Gasteiger partial charge < -0.3 is 16.4 Å². The minimum atomic E-state index is -0.228. The highest BCUT2D eigenvalue weighted by atomic mass is 16.1. The van der Waals surface area contributed by atoms with E-state index in [4.69, 9.17) is 5.73 Å². The summed E-state index contributed by atoms with van der Waals surface area (Å²) in [5, 5.41) is 13.7. The highest BCUT2D eigenvalue weighted by Crippen LogP contribution is 2.18. The van der Waals surface area contributed by atoms with Crippen LogP contribution >= 0.6 is 0 Å². The molecule has 1 aromatic heterocycles. The zero-order valence-electron chi connectivity index (χ0n) is 11.3. The van der Waals surface area contributed by atoms with Crippen LogP contribution in [0.15, 0.2) is 36.4 Å². The molecule has 2 aromatic rings. The lowest BCUT2D eigenvalue weighted by Crippen LogP contribution is -2.24. The molecule has 6 nitrogen and oxygen atoms in total. The molecule has 6 heteroatoms. The van der Waals surface area contributed by atoms with Crippen LogP contribution in [0.5, 0.6) is 0 Å². The van der Waals surface area contributed by atoms with Crippen molar-refractivity contribution in [1.29, 1.82) is 0 Å². The van der Waals surface area contributed by atoms with Gasteiger partial charge in [-0.25, -0.2) is 0 Å². The first kappa shape index (κ1) is 14.0. The Morgan fingerprint density at radius 1 is 1.20 bits per heavy atom. The lowest BCUT2D eigenvalue weighted by Gasteiger charge is -2.09. The summed E-state index contributed by atoms with van der Waals surface area (Å²) in [5.41, 5.74) is 7.84. The van der Waals surface area contributed by atoms with Crippen LogP contribution < -0.4 is 16.4 Å². The van der Waals surface area contributed by atoms with E-state index in [0.29, 0.717) is 24.6 Å². The molecule has 0 radical (unpaired) electrons. The SMILES string of the molecule is CCNC(=O)c1ccc(Nc2ccccc2CN)nn1. The van der Waals surface area contributed by atoms with Crippen LogP contribution in [0.25, 0.3) is 0 Å². The van der Waals surface area contributed by atoms with E-state index in [1.54, 1.807) is 12.1 Å². The number of carbonyl (C=O) groups is 1. The highest BCUT2D eigenvalue weighted by molar-refractivity contribution is 5.92. The number of rotatable bonds is 5. The smallest absolute Gasteiger partial charge is 0.271 e. The molecule has 4 N–H and O–H groups in total. The molecule has 0 bridgehead atoms. The van der Waals surface area contributed by atoms with Gasteiger partial charge in [-0.15, -0.1) is 10.2 Å². The van der Waals surface area contributed by atoms with Crippen LogP contribution in [0.2, 0.25) is 0 Å². The van der Waals surface area contributed by atoms with Gasteiger partial charge in [0.05, 0.1) is 0 Å². The van der Waals surface area contributed by atoms with Gasteiger partial charge in [-0.3, -0.25) is 4.79 Å². The van der Waals surface area contributed by atoms with Crippen molar-refractivity contribution >= 4 is 17.4 Å². The van der Waals surface area contributed by atoms with Crippen molar-refractivity contribution in [2.45, 2.75) is 13.5 Å². The lowest BCUT2D eigenvalue weighted by molar-refractivity contribution is 0.0950. The van der Waals surface area contributed by atoms with Gasteiger partial charge in [-0.1, -0.05) is 18.2 Å². The molecule has 1 heterocycles. The van der Waals surface area contributed by atoms with Gasteiger partial charge in [0.15, 0.2) is 11.5 Å². The van der Waals surface area contributed by atoms with Gasteiger partial charge in [0.25, 0.3) is 5.91 Å². The second kappa shape index (κ2) is 6.63. The van der Waals surface area contributed by atoms with Crippen molar-refractivity contribution in [3.05, 3.63) is 47.7 Å². The van der Waals surface area contributed by atoms with Crippen LogP contribution in [-0.4, -0.2) is 22.6 Å². The average Bonchev–Trinajstić information content (AvgIpc) is 2.49. The number of aromatic nitrogens is 2. The predicted molar refractivity (Wildman–Crippen MR) is 77.7 cm³/mol. The zero-order chi connectivity index (χ0) is 14.4. The lowest BCUT2D eigenvalue weighted by atomic mass is 10.2. The van der Waals surface area contributed by atoms with Crippen LogP contribution in [-0.2, 0) is 6.54 Å². The fourth-order valence-corrected chi connectivity index (χ4v) is 1.73. The van der Waals surface area contributed by atoms with E-state index in [2.05, 4.69) is 20.8 Å². The van der Waals surface area contributed by atoms with Crippen LogP contribution in [0.1, 0.15) is 23.0 Å². The molecule has 0 saturated carbocycles. The molecule has 0 aliphatic carbocycles. The molecule has 0 fully saturated rings. The number of para-hydroxylation sites is 1. The summed E-state index contributed by atoms with van der Waals surface area (Å²) >= 11 is 0. The van der Waals surface area contributed by atoms with Gasteiger partial charge in [-0.05, 0) is 30.7 Å². The molecule has 1 amide bonds. The molecule has 0 aliphatic rings. The molecule has 20 heavy (non-hydrogen) atoms. The third-order valence-electron chi connectivity index (χ3n) is 2.73. The fraction of sp³-hybridized carbons (Fsp3) is 0.214.